The molecule has 5 rings (SSSR count). The molecule has 3 aromatic rings. The molecule has 1 saturated heterocycles. The third kappa shape index (κ3) is 3.29. The Bertz CT molecular complexity index is 996. The van der Waals surface area contributed by atoms with Crippen LogP contribution < -0.4 is 0 Å². The average molecular weight is 373 g/mol. The second kappa shape index (κ2) is 7.21. The van der Waals surface area contributed by atoms with Gasteiger partial charge in [0.25, 0.3) is 0 Å². The van der Waals surface area contributed by atoms with Gasteiger partial charge in [0.1, 0.15) is 0 Å². The summed E-state index contributed by atoms with van der Waals surface area (Å²) in [5.41, 5.74) is 4.79. The number of nitrogens with zero attached hydrogens (tertiary/aromatic N) is 2. The number of carbonyl (C=O) groups excluding carboxylic acids is 1. The number of hydrogen-bond donors (Lipinski definition) is 0. The number of piperidine rings is 1. The molecule has 0 saturated carbocycles. The summed E-state index contributed by atoms with van der Waals surface area (Å²) in [6, 6.07) is 19.4. The molecule has 1 unspecified atom stereocenters. The Labute approximate surface area is 167 Å². The Morgan fingerprint density at radius 1 is 1.00 bits per heavy atom. The van der Waals surface area contributed by atoms with E-state index in [2.05, 4.69) is 71.0 Å². The van der Waals surface area contributed by atoms with Gasteiger partial charge in [-0.1, -0.05) is 42.0 Å². The molecular formula is C25H28N2O. The van der Waals surface area contributed by atoms with E-state index in [0.29, 0.717) is 11.7 Å². The number of benzene rings is 2. The molecule has 0 aliphatic carbocycles. The van der Waals surface area contributed by atoms with Gasteiger partial charge in [0, 0.05) is 29.9 Å². The molecule has 28 heavy (non-hydrogen) atoms. The molecule has 2 aliphatic heterocycles. The van der Waals surface area contributed by atoms with Crippen LogP contribution in [0.5, 0.6) is 0 Å². The summed E-state index contributed by atoms with van der Waals surface area (Å²) in [5, 5.41) is 1.20. The first-order chi connectivity index (χ1) is 13.7. The number of aryl methyl sites for hydroxylation is 1. The third-order valence-corrected chi connectivity index (χ3v) is 6.66. The van der Waals surface area contributed by atoms with Crippen molar-refractivity contribution >= 4 is 16.7 Å². The zero-order valence-electron chi connectivity index (χ0n) is 16.6. The first kappa shape index (κ1) is 17.7. The van der Waals surface area contributed by atoms with Crippen LogP contribution in [0.2, 0.25) is 0 Å². The molecule has 1 aromatic heterocycles. The molecule has 0 amide bonds. The van der Waals surface area contributed by atoms with Gasteiger partial charge in [0.15, 0.2) is 5.78 Å². The Balaban J connectivity index is 1.20. The van der Waals surface area contributed by atoms with Crippen LogP contribution in [0.15, 0.2) is 54.6 Å². The number of ketones is 1. The highest BCUT2D eigenvalue weighted by Crippen LogP contribution is 2.35. The first-order valence-corrected chi connectivity index (χ1v) is 10.6. The molecule has 2 aliphatic rings. The molecule has 1 atom stereocenters. The van der Waals surface area contributed by atoms with Gasteiger partial charge in [-0.2, -0.15) is 0 Å². The number of carbonyl (C=O) groups is 1. The van der Waals surface area contributed by atoms with Gasteiger partial charge in [-0.05, 0) is 69.0 Å². The fraction of sp³-hybridized carbons (Fsp3) is 0.400. The molecule has 2 aromatic carbocycles. The number of aromatic nitrogens is 1. The number of Topliss-reactive ketones (excluding diaryl/α,β-unsaturated/α-hetero) is 1. The van der Waals surface area contributed by atoms with Crippen molar-refractivity contribution in [3.63, 3.8) is 0 Å². The van der Waals surface area contributed by atoms with Crippen LogP contribution in [0.4, 0.5) is 0 Å². The second-order valence-electron chi connectivity index (χ2n) is 8.70. The van der Waals surface area contributed by atoms with Gasteiger partial charge < -0.3 is 4.57 Å². The van der Waals surface area contributed by atoms with E-state index >= 15 is 0 Å². The van der Waals surface area contributed by atoms with Gasteiger partial charge in [-0.25, -0.2) is 0 Å². The van der Waals surface area contributed by atoms with Crippen LogP contribution >= 0.6 is 0 Å². The Kier molecular flexibility index (Phi) is 4.56. The van der Waals surface area contributed by atoms with Crippen LogP contribution in [0.25, 0.3) is 10.9 Å². The van der Waals surface area contributed by atoms with E-state index in [0.717, 1.165) is 38.3 Å². The van der Waals surface area contributed by atoms with E-state index in [4.69, 9.17) is 0 Å². The van der Waals surface area contributed by atoms with Crippen molar-refractivity contribution in [2.75, 3.05) is 13.1 Å². The molecular weight excluding hydrogens is 344 g/mol. The van der Waals surface area contributed by atoms with Crippen molar-refractivity contribution in [2.24, 2.45) is 11.8 Å². The van der Waals surface area contributed by atoms with E-state index in [-0.39, 0.29) is 5.92 Å². The minimum absolute atomic E-state index is 0.173. The standard InChI is InChI=1S/C25H28N2O/c1-18-7-8-23-21(13-18)15-24-25(28)22(17-27(23)24)14-19-9-11-26(12-10-19)16-20-5-3-2-4-6-20/h2-8,13,15,19,22H,9-12,14,16-17H2,1H3. The lowest BCUT2D eigenvalue weighted by Crippen LogP contribution is -2.34. The van der Waals surface area contributed by atoms with E-state index in [1.165, 1.54) is 34.9 Å². The first-order valence-electron chi connectivity index (χ1n) is 10.6. The summed E-state index contributed by atoms with van der Waals surface area (Å²) < 4.78 is 2.26. The fourth-order valence-corrected chi connectivity index (χ4v) is 5.11. The Hall–Kier alpha value is -2.39. The van der Waals surface area contributed by atoms with Crippen LogP contribution in [0.3, 0.4) is 0 Å². The maximum absolute atomic E-state index is 13.0. The van der Waals surface area contributed by atoms with Crippen molar-refractivity contribution in [1.82, 2.24) is 9.47 Å². The van der Waals surface area contributed by atoms with Crippen molar-refractivity contribution < 1.29 is 4.79 Å². The number of rotatable bonds is 4. The van der Waals surface area contributed by atoms with E-state index in [1.807, 2.05) is 0 Å². The molecule has 0 N–H and O–H groups in total. The van der Waals surface area contributed by atoms with Crippen LogP contribution in [-0.2, 0) is 13.1 Å². The molecule has 0 radical (unpaired) electrons. The molecule has 144 valence electrons. The maximum atomic E-state index is 13.0. The SMILES string of the molecule is Cc1ccc2c(c1)cc1n2CC(CC2CCN(Cc3ccccc3)CC2)C1=O. The average Bonchev–Trinajstić information content (AvgIpc) is 3.20. The van der Waals surface area contributed by atoms with Gasteiger partial charge in [-0.3, -0.25) is 9.69 Å². The van der Waals surface area contributed by atoms with E-state index in [1.54, 1.807) is 0 Å². The lowest BCUT2D eigenvalue weighted by Gasteiger charge is -2.32. The summed E-state index contributed by atoms with van der Waals surface area (Å²) in [5.74, 6) is 1.21. The van der Waals surface area contributed by atoms with Crippen molar-refractivity contribution in [2.45, 2.75) is 39.3 Å². The van der Waals surface area contributed by atoms with Crippen molar-refractivity contribution in [3.05, 3.63) is 71.4 Å². The molecule has 3 heterocycles. The van der Waals surface area contributed by atoms with Crippen molar-refractivity contribution in [3.8, 4) is 0 Å². The predicted molar refractivity (Wildman–Crippen MR) is 114 cm³/mol. The maximum Gasteiger partial charge on any atom is 0.184 e. The quantitative estimate of drug-likeness (QED) is 0.639. The lowest BCUT2D eigenvalue weighted by atomic mass is 9.85. The smallest absolute Gasteiger partial charge is 0.184 e. The van der Waals surface area contributed by atoms with Gasteiger partial charge in [0.05, 0.1) is 5.69 Å². The summed E-state index contributed by atoms with van der Waals surface area (Å²) in [6.45, 7) is 6.32. The monoisotopic (exact) mass is 372 g/mol. The van der Waals surface area contributed by atoms with Gasteiger partial charge >= 0.3 is 0 Å². The minimum Gasteiger partial charge on any atom is -0.337 e. The summed E-state index contributed by atoms with van der Waals surface area (Å²) in [7, 11) is 0. The Morgan fingerprint density at radius 2 is 1.79 bits per heavy atom. The second-order valence-corrected chi connectivity index (χ2v) is 8.70. The fourth-order valence-electron chi connectivity index (χ4n) is 5.11. The highest BCUT2D eigenvalue weighted by molar-refractivity contribution is 6.03. The zero-order chi connectivity index (χ0) is 19.1. The predicted octanol–water partition coefficient (Wildman–Crippen LogP) is 5.06. The number of likely N-dealkylation sites (tertiary alicyclic amines) is 1. The summed E-state index contributed by atoms with van der Waals surface area (Å²) >= 11 is 0. The molecule has 1 fully saturated rings. The highest BCUT2D eigenvalue weighted by Gasteiger charge is 2.34. The van der Waals surface area contributed by atoms with E-state index in [9.17, 15) is 4.79 Å². The normalized spacial score (nSPS) is 20.8. The van der Waals surface area contributed by atoms with Crippen molar-refractivity contribution in [1.29, 1.82) is 0 Å². The van der Waals surface area contributed by atoms with Crippen LogP contribution in [0.1, 0.15) is 40.9 Å². The lowest BCUT2D eigenvalue weighted by molar-refractivity contribution is 0.0894. The van der Waals surface area contributed by atoms with Crippen LogP contribution in [0, 0.1) is 18.8 Å². The molecule has 3 nitrogen and oxygen atoms in total. The number of fused-ring (bicyclic) bond motifs is 3. The third-order valence-electron chi connectivity index (χ3n) is 6.66. The molecule has 0 spiro atoms. The van der Waals surface area contributed by atoms with Crippen LogP contribution in [-0.4, -0.2) is 28.3 Å². The van der Waals surface area contributed by atoms with Gasteiger partial charge in [-0.15, -0.1) is 0 Å². The molecule has 0 bridgehead atoms. The zero-order valence-corrected chi connectivity index (χ0v) is 16.6. The molecule has 3 heteroatoms. The van der Waals surface area contributed by atoms with E-state index < -0.39 is 0 Å². The highest BCUT2D eigenvalue weighted by atomic mass is 16.1. The largest absolute Gasteiger partial charge is 0.337 e. The summed E-state index contributed by atoms with van der Waals surface area (Å²) in [6.07, 6.45) is 3.48. The van der Waals surface area contributed by atoms with Gasteiger partial charge in [0.2, 0.25) is 0 Å². The summed E-state index contributed by atoms with van der Waals surface area (Å²) in [4.78, 5) is 15.6. The minimum atomic E-state index is 0.173. The number of hydrogen-bond acceptors (Lipinski definition) is 2. The topological polar surface area (TPSA) is 25.2 Å². The Morgan fingerprint density at radius 3 is 2.57 bits per heavy atom.